The van der Waals surface area contributed by atoms with Gasteiger partial charge in [-0.25, -0.2) is 4.99 Å². The maximum absolute atomic E-state index is 13.0. The van der Waals surface area contributed by atoms with Gasteiger partial charge in [0, 0.05) is 47.7 Å². The Hall–Kier alpha value is -2.75. The molecule has 2 unspecified atom stereocenters. The van der Waals surface area contributed by atoms with Gasteiger partial charge < -0.3 is 15.0 Å². The molecule has 0 fully saturated rings. The number of carbonyl (C=O) groups excluding carboxylic acids is 1. The quantitative estimate of drug-likeness (QED) is 0.177. The fraction of sp³-hybridized carbons (Fsp3) is 0.606. The van der Waals surface area contributed by atoms with Crippen LogP contribution in [0.1, 0.15) is 91.8 Å². The lowest BCUT2D eigenvalue weighted by atomic mass is 9.78. The molecule has 1 N–H and O–H groups in total. The number of rotatable bonds is 13. The highest BCUT2D eigenvalue weighted by atomic mass is 32.2. The van der Waals surface area contributed by atoms with Crippen LogP contribution in [0.4, 0.5) is 13.2 Å². The first kappa shape index (κ1) is 38.3. The summed E-state index contributed by atoms with van der Waals surface area (Å²) in [5.41, 5.74) is 2.93. The van der Waals surface area contributed by atoms with E-state index < -0.39 is 12.0 Å². The third-order valence-corrected chi connectivity index (χ3v) is 8.56. The van der Waals surface area contributed by atoms with Crippen LogP contribution in [-0.2, 0) is 15.6 Å². The van der Waals surface area contributed by atoms with Crippen molar-refractivity contribution in [1.29, 1.82) is 0 Å². The molecule has 1 aromatic rings. The Morgan fingerprint density at radius 2 is 1.65 bits per heavy atom. The first-order valence-corrected chi connectivity index (χ1v) is 15.5. The molecule has 2 atom stereocenters. The molecule has 6 nitrogen and oxygen atoms in total. The highest BCUT2D eigenvalue weighted by molar-refractivity contribution is 8.14. The highest BCUT2D eigenvalue weighted by Crippen LogP contribution is 2.41. The summed E-state index contributed by atoms with van der Waals surface area (Å²) in [7, 11) is 1.72. The average molecular weight is 625 g/mol. The van der Waals surface area contributed by atoms with Gasteiger partial charge in [-0.3, -0.25) is 9.79 Å². The molecule has 0 radical (unpaired) electrons. The van der Waals surface area contributed by atoms with E-state index in [0.717, 1.165) is 40.1 Å². The molecule has 0 aliphatic heterocycles. The Bertz CT molecular complexity index is 1130. The smallest absolute Gasteiger partial charge is 0.449 e. The molecule has 242 valence electrons. The summed E-state index contributed by atoms with van der Waals surface area (Å²) in [6.07, 6.45) is -1.53. The number of alkyl halides is 3. The summed E-state index contributed by atoms with van der Waals surface area (Å²) >= 11 is 1.67. The van der Waals surface area contributed by atoms with E-state index >= 15 is 0 Å². The standard InChI is InChI=1S/C33H51F3N4O2S/c1-13-37-29(24-20-25(31(6,7)8)28(42-12)26(21-24)32(9,10)11)43-23(5)22(4)17-19-40(15-3)27(41)16-18-39-30(38-14-2)33(34,35)36/h13-14,20-23H,1-2,15-19H2,3-12H3,(H,38,39). The van der Waals surface area contributed by atoms with Crippen molar-refractivity contribution in [2.24, 2.45) is 15.9 Å². The summed E-state index contributed by atoms with van der Waals surface area (Å²) < 4.78 is 45.0. The zero-order valence-corrected chi connectivity index (χ0v) is 28.4. The van der Waals surface area contributed by atoms with E-state index in [9.17, 15) is 18.0 Å². The van der Waals surface area contributed by atoms with E-state index in [1.165, 1.54) is 0 Å². The van der Waals surface area contributed by atoms with E-state index in [-0.39, 0.29) is 40.9 Å². The van der Waals surface area contributed by atoms with Gasteiger partial charge in [-0.2, -0.15) is 13.2 Å². The minimum Gasteiger partial charge on any atom is -0.496 e. The summed E-state index contributed by atoms with van der Waals surface area (Å²) in [6, 6.07) is 4.32. The van der Waals surface area contributed by atoms with Crippen LogP contribution in [0, 0.1) is 5.92 Å². The molecule has 1 amide bonds. The third-order valence-electron chi connectivity index (χ3n) is 7.16. The van der Waals surface area contributed by atoms with Gasteiger partial charge in [-0.1, -0.05) is 68.5 Å². The van der Waals surface area contributed by atoms with Gasteiger partial charge in [-0.15, -0.1) is 11.8 Å². The lowest BCUT2D eigenvalue weighted by molar-refractivity contribution is -0.131. The Kier molecular flexibility index (Phi) is 14.6. The molecular formula is C33H51F3N4O2S. The molecule has 0 aliphatic carbocycles. The van der Waals surface area contributed by atoms with Gasteiger partial charge in [0.15, 0.2) is 0 Å². The number of benzene rings is 1. The highest BCUT2D eigenvalue weighted by Gasteiger charge is 2.35. The summed E-state index contributed by atoms with van der Waals surface area (Å²) in [4.78, 5) is 22.6. The van der Waals surface area contributed by atoms with Crippen molar-refractivity contribution in [1.82, 2.24) is 10.2 Å². The number of amides is 1. The zero-order chi connectivity index (χ0) is 33.2. The van der Waals surface area contributed by atoms with Crippen molar-refractivity contribution in [2.75, 3.05) is 26.7 Å². The molecule has 0 bridgehead atoms. The van der Waals surface area contributed by atoms with E-state index in [1.54, 1.807) is 30.0 Å². The second kappa shape index (κ2) is 16.4. The minimum absolute atomic E-state index is 0.106. The fourth-order valence-electron chi connectivity index (χ4n) is 4.42. The Morgan fingerprint density at radius 3 is 2.07 bits per heavy atom. The van der Waals surface area contributed by atoms with E-state index in [1.807, 2.05) is 12.2 Å². The van der Waals surface area contributed by atoms with Crippen molar-refractivity contribution >= 4 is 28.5 Å². The SMILES string of the molecule is C=CN=C(SC(C)C(C)CCN(CC)C(=O)CCN=C(NC=C)C(F)(F)F)c1cc(C(C)(C)C)c(OC)c(C(C)(C)C)c1. The van der Waals surface area contributed by atoms with Crippen molar-refractivity contribution < 1.29 is 22.7 Å². The number of halogens is 3. The molecule has 1 aromatic carbocycles. The van der Waals surface area contributed by atoms with Crippen LogP contribution >= 0.6 is 11.8 Å². The number of ether oxygens (including phenoxy) is 1. The van der Waals surface area contributed by atoms with Crippen molar-refractivity contribution in [3.05, 3.63) is 54.4 Å². The first-order chi connectivity index (χ1) is 19.8. The maximum atomic E-state index is 13.0. The molecule has 43 heavy (non-hydrogen) atoms. The normalized spacial score (nSPS) is 14.6. The molecule has 0 saturated heterocycles. The van der Waals surface area contributed by atoms with Crippen LogP contribution in [-0.4, -0.2) is 59.9 Å². The zero-order valence-electron chi connectivity index (χ0n) is 27.6. The monoisotopic (exact) mass is 624 g/mol. The van der Waals surface area contributed by atoms with Gasteiger partial charge in [0.05, 0.1) is 13.7 Å². The molecular weight excluding hydrogens is 573 g/mol. The second-order valence-electron chi connectivity index (χ2n) is 12.6. The Balaban J connectivity index is 3.09. The summed E-state index contributed by atoms with van der Waals surface area (Å²) in [6.45, 7) is 27.0. The lowest BCUT2D eigenvalue weighted by Crippen LogP contribution is -2.35. The number of methoxy groups -OCH3 is 1. The molecule has 10 heteroatoms. The van der Waals surface area contributed by atoms with E-state index in [4.69, 9.17) is 4.74 Å². The number of hydrogen-bond acceptors (Lipinski definition) is 5. The van der Waals surface area contributed by atoms with Gasteiger partial charge in [-0.05, 0) is 48.4 Å². The molecule has 0 aromatic heterocycles. The molecule has 1 rings (SSSR count). The van der Waals surface area contributed by atoms with Crippen molar-refractivity contribution in [3.63, 3.8) is 0 Å². The average Bonchev–Trinajstić information content (AvgIpc) is 2.90. The molecule has 0 aliphatic rings. The first-order valence-electron chi connectivity index (χ1n) is 14.7. The Labute approximate surface area is 261 Å². The number of carbonyl (C=O) groups is 1. The van der Waals surface area contributed by atoms with Gasteiger partial charge in [0.2, 0.25) is 11.7 Å². The molecule has 0 saturated carbocycles. The number of nitrogens with one attached hydrogen (secondary N) is 1. The largest absolute Gasteiger partial charge is 0.496 e. The number of thioether (sulfide) groups is 1. The maximum Gasteiger partial charge on any atom is 0.449 e. The van der Waals surface area contributed by atoms with E-state index in [2.05, 4.69) is 90.7 Å². The van der Waals surface area contributed by atoms with Crippen LogP contribution in [0.2, 0.25) is 0 Å². The topological polar surface area (TPSA) is 66.3 Å². The van der Waals surface area contributed by atoms with Crippen LogP contribution in [0.15, 0.2) is 47.7 Å². The molecule has 0 heterocycles. The van der Waals surface area contributed by atoms with Crippen LogP contribution in [0.5, 0.6) is 5.75 Å². The number of amidine groups is 1. The van der Waals surface area contributed by atoms with Crippen molar-refractivity contribution in [3.8, 4) is 5.75 Å². The lowest BCUT2D eigenvalue weighted by Gasteiger charge is -2.30. The predicted molar refractivity (Wildman–Crippen MR) is 177 cm³/mol. The molecule has 0 spiro atoms. The van der Waals surface area contributed by atoms with Gasteiger partial charge in [0.25, 0.3) is 0 Å². The van der Waals surface area contributed by atoms with Crippen LogP contribution in [0.25, 0.3) is 0 Å². The van der Waals surface area contributed by atoms with E-state index in [0.29, 0.717) is 13.1 Å². The second-order valence-corrected chi connectivity index (χ2v) is 14.0. The van der Waals surface area contributed by atoms with Crippen LogP contribution < -0.4 is 10.1 Å². The summed E-state index contributed by atoms with van der Waals surface area (Å²) in [5.74, 6) is -0.267. The van der Waals surface area contributed by atoms with Gasteiger partial charge >= 0.3 is 6.18 Å². The minimum atomic E-state index is -4.63. The number of nitrogens with zero attached hydrogens (tertiary/aromatic N) is 3. The Morgan fingerprint density at radius 1 is 1.09 bits per heavy atom. The fourth-order valence-corrected chi connectivity index (χ4v) is 5.53. The predicted octanol–water partition coefficient (Wildman–Crippen LogP) is 8.26. The number of hydrogen-bond donors (Lipinski definition) is 1. The van der Waals surface area contributed by atoms with Gasteiger partial charge in [0.1, 0.15) is 10.8 Å². The third kappa shape index (κ3) is 11.7. The van der Waals surface area contributed by atoms with Crippen LogP contribution in [0.3, 0.4) is 0 Å². The number of aliphatic imine (C=N–C) groups is 2. The van der Waals surface area contributed by atoms with Crippen molar-refractivity contribution in [2.45, 2.75) is 97.4 Å². The summed E-state index contributed by atoms with van der Waals surface area (Å²) in [5, 5.41) is 3.02.